The average Bonchev–Trinajstić information content (AvgIpc) is 3.07. The van der Waals surface area contributed by atoms with E-state index in [-0.39, 0.29) is 30.0 Å². The number of rotatable bonds is 4. The highest BCUT2D eigenvalue weighted by molar-refractivity contribution is 5.85. The molecule has 22 heavy (non-hydrogen) atoms. The highest BCUT2D eigenvalue weighted by atomic mass is 35.5. The van der Waals surface area contributed by atoms with E-state index < -0.39 is 0 Å². The van der Waals surface area contributed by atoms with E-state index in [1.54, 1.807) is 16.2 Å². The highest BCUT2D eigenvalue weighted by Crippen LogP contribution is 2.11. The number of nitrogens with zero attached hydrogens (tertiary/aromatic N) is 2. The van der Waals surface area contributed by atoms with Gasteiger partial charge in [-0.05, 0) is 25.1 Å². The number of aromatic nitrogens is 2. The normalized spacial score (nSPS) is 17.4. The lowest BCUT2D eigenvalue weighted by Crippen LogP contribution is -2.37. The molecule has 1 saturated heterocycles. The lowest BCUT2D eigenvalue weighted by atomic mass is 10.2. The molecule has 2 aromatic rings. The molecule has 1 aliphatic heterocycles. The van der Waals surface area contributed by atoms with Crippen molar-refractivity contribution in [3.63, 3.8) is 0 Å². The minimum absolute atomic E-state index is 0. The summed E-state index contributed by atoms with van der Waals surface area (Å²) in [6, 6.07) is 7.86. The van der Waals surface area contributed by atoms with Crippen molar-refractivity contribution in [1.29, 1.82) is 0 Å². The van der Waals surface area contributed by atoms with E-state index in [0.717, 1.165) is 30.5 Å². The fraction of sp³-hybridized carbons (Fsp3) is 0.467. The summed E-state index contributed by atoms with van der Waals surface area (Å²) in [6.07, 6.45) is 1.30. The molecule has 6 nitrogen and oxygen atoms in total. The summed E-state index contributed by atoms with van der Waals surface area (Å²) >= 11 is 0. The lowest BCUT2D eigenvalue weighted by molar-refractivity contribution is -0.121. The summed E-state index contributed by atoms with van der Waals surface area (Å²) in [5, 5.41) is 6.21. The Morgan fingerprint density at radius 2 is 2.09 bits per heavy atom. The van der Waals surface area contributed by atoms with Crippen LogP contribution in [0.2, 0.25) is 0 Å². The fourth-order valence-electron chi connectivity index (χ4n) is 2.87. The molecule has 0 saturated carbocycles. The molecule has 7 heteroatoms. The van der Waals surface area contributed by atoms with Gasteiger partial charge in [-0.3, -0.25) is 13.9 Å². The molecule has 1 aromatic carbocycles. The number of para-hydroxylation sites is 2. The molecule has 1 amide bonds. The van der Waals surface area contributed by atoms with E-state index in [4.69, 9.17) is 0 Å². The molecule has 1 aromatic heterocycles. The maximum atomic E-state index is 12.2. The number of nitrogens with one attached hydrogen (secondary N) is 2. The second-order valence-electron chi connectivity index (χ2n) is 5.49. The third-order valence-corrected chi connectivity index (χ3v) is 4.04. The number of imidazole rings is 1. The predicted molar refractivity (Wildman–Crippen MR) is 88.5 cm³/mol. The third-order valence-electron chi connectivity index (χ3n) is 4.04. The number of benzene rings is 1. The zero-order valence-electron chi connectivity index (χ0n) is 12.5. The number of carbonyl (C=O) groups is 1. The molecule has 2 heterocycles. The molecule has 2 N–H and O–H groups in total. The molecule has 3 rings (SSSR count). The van der Waals surface area contributed by atoms with Crippen molar-refractivity contribution < 1.29 is 4.79 Å². The number of amides is 1. The Labute approximate surface area is 134 Å². The topological polar surface area (TPSA) is 68.1 Å². The number of halogens is 1. The van der Waals surface area contributed by atoms with Gasteiger partial charge in [-0.2, -0.15) is 0 Å². The minimum Gasteiger partial charge on any atom is -0.352 e. The Balaban J connectivity index is 0.00000176. The lowest BCUT2D eigenvalue weighted by Gasteiger charge is -2.11. The van der Waals surface area contributed by atoms with Crippen LogP contribution in [0.15, 0.2) is 29.1 Å². The molecule has 1 unspecified atom stereocenters. The quantitative estimate of drug-likeness (QED) is 0.867. The van der Waals surface area contributed by atoms with E-state index in [1.807, 2.05) is 24.3 Å². The second-order valence-corrected chi connectivity index (χ2v) is 5.49. The first-order valence-corrected chi connectivity index (χ1v) is 7.31. The molecule has 1 atom stereocenters. The smallest absolute Gasteiger partial charge is 0.328 e. The van der Waals surface area contributed by atoms with Gasteiger partial charge < -0.3 is 10.6 Å². The van der Waals surface area contributed by atoms with Crippen LogP contribution >= 0.6 is 12.4 Å². The zero-order valence-corrected chi connectivity index (χ0v) is 13.4. The van der Waals surface area contributed by atoms with Crippen LogP contribution in [0.4, 0.5) is 0 Å². The van der Waals surface area contributed by atoms with Gasteiger partial charge in [0.2, 0.25) is 5.91 Å². The first kappa shape index (κ1) is 16.6. The summed E-state index contributed by atoms with van der Waals surface area (Å²) in [4.78, 5) is 24.2. The van der Waals surface area contributed by atoms with Crippen molar-refractivity contribution in [2.45, 2.75) is 25.4 Å². The van der Waals surface area contributed by atoms with Gasteiger partial charge in [-0.25, -0.2) is 4.79 Å². The van der Waals surface area contributed by atoms with Gasteiger partial charge in [0.25, 0.3) is 0 Å². The molecule has 0 spiro atoms. The van der Waals surface area contributed by atoms with Gasteiger partial charge in [0, 0.05) is 32.6 Å². The summed E-state index contributed by atoms with van der Waals surface area (Å²) in [6.45, 7) is 2.19. The fourth-order valence-corrected chi connectivity index (χ4v) is 2.87. The third kappa shape index (κ3) is 3.18. The molecular weight excluding hydrogens is 304 g/mol. The Kier molecular flexibility index (Phi) is 5.26. The number of fused-ring (bicyclic) bond motifs is 1. The summed E-state index contributed by atoms with van der Waals surface area (Å²) in [5.74, 6) is 0.00327. The van der Waals surface area contributed by atoms with Crippen molar-refractivity contribution in [3.8, 4) is 0 Å². The van der Waals surface area contributed by atoms with Crippen LogP contribution < -0.4 is 16.3 Å². The number of aryl methyl sites for hydroxylation is 2. The van der Waals surface area contributed by atoms with E-state index in [2.05, 4.69) is 10.6 Å². The molecule has 120 valence electrons. The van der Waals surface area contributed by atoms with Gasteiger partial charge in [0.05, 0.1) is 11.0 Å². The maximum Gasteiger partial charge on any atom is 0.328 e. The van der Waals surface area contributed by atoms with E-state index in [9.17, 15) is 9.59 Å². The molecular formula is C15H21ClN4O2. The van der Waals surface area contributed by atoms with E-state index in [1.165, 1.54) is 0 Å². The maximum absolute atomic E-state index is 12.2. The van der Waals surface area contributed by atoms with Crippen LogP contribution in [0.3, 0.4) is 0 Å². The Morgan fingerprint density at radius 3 is 2.77 bits per heavy atom. The van der Waals surface area contributed by atoms with Crippen LogP contribution in [0.1, 0.15) is 12.8 Å². The largest absolute Gasteiger partial charge is 0.352 e. The van der Waals surface area contributed by atoms with Gasteiger partial charge in [0.15, 0.2) is 0 Å². The molecule has 0 radical (unpaired) electrons. The van der Waals surface area contributed by atoms with Crippen LogP contribution in [-0.4, -0.2) is 34.2 Å². The van der Waals surface area contributed by atoms with Gasteiger partial charge in [-0.15, -0.1) is 12.4 Å². The van der Waals surface area contributed by atoms with Crippen LogP contribution in [0, 0.1) is 0 Å². The average molecular weight is 325 g/mol. The number of carbonyl (C=O) groups excluding carboxylic acids is 1. The zero-order chi connectivity index (χ0) is 14.8. The monoisotopic (exact) mass is 324 g/mol. The standard InChI is InChI=1S/C15H20N4O2.ClH/c1-18-12-4-2-3-5-13(12)19(15(18)21)9-7-14(20)17-11-6-8-16-10-11;/h2-5,11,16H,6-10H2,1H3,(H,17,20);1H. The van der Waals surface area contributed by atoms with Crippen molar-refractivity contribution in [1.82, 2.24) is 19.8 Å². The first-order valence-electron chi connectivity index (χ1n) is 7.31. The summed E-state index contributed by atoms with van der Waals surface area (Å²) in [7, 11) is 1.76. The van der Waals surface area contributed by atoms with Crippen LogP contribution in [0.25, 0.3) is 11.0 Å². The van der Waals surface area contributed by atoms with Gasteiger partial charge in [-0.1, -0.05) is 12.1 Å². The number of hydrogen-bond acceptors (Lipinski definition) is 3. The van der Waals surface area contributed by atoms with Crippen molar-refractivity contribution >= 4 is 29.3 Å². The van der Waals surface area contributed by atoms with Gasteiger partial charge >= 0.3 is 5.69 Å². The molecule has 0 bridgehead atoms. The van der Waals surface area contributed by atoms with Crippen molar-refractivity contribution in [2.75, 3.05) is 13.1 Å². The van der Waals surface area contributed by atoms with Gasteiger partial charge in [0.1, 0.15) is 0 Å². The van der Waals surface area contributed by atoms with E-state index in [0.29, 0.717) is 13.0 Å². The summed E-state index contributed by atoms with van der Waals surface area (Å²) in [5.41, 5.74) is 1.69. The van der Waals surface area contributed by atoms with Crippen molar-refractivity contribution in [3.05, 3.63) is 34.7 Å². The number of hydrogen-bond donors (Lipinski definition) is 2. The molecule has 1 aliphatic rings. The minimum atomic E-state index is -0.0773. The summed E-state index contributed by atoms with van der Waals surface area (Å²) < 4.78 is 3.29. The van der Waals surface area contributed by atoms with E-state index >= 15 is 0 Å². The Morgan fingerprint density at radius 1 is 1.36 bits per heavy atom. The van der Waals surface area contributed by atoms with Crippen molar-refractivity contribution in [2.24, 2.45) is 7.05 Å². The van der Waals surface area contributed by atoms with Crippen LogP contribution in [-0.2, 0) is 18.4 Å². The predicted octanol–water partition coefficient (Wildman–Crippen LogP) is 0.630. The highest BCUT2D eigenvalue weighted by Gasteiger charge is 2.17. The molecule has 1 fully saturated rings. The molecule has 0 aliphatic carbocycles. The second kappa shape index (κ2) is 6.98. The first-order chi connectivity index (χ1) is 10.2. The Hall–Kier alpha value is -1.79. The Bertz CT molecular complexity index is 716. The van der Waals surface area contributed by atoms with Crippen LogP contribution in [0.5, 0.6) is 0 Å². The SMILES string of the molecule is Cl.Cn1c(=O)n(CCC(=O)NC2CCNC2)c2ccccc21.